The normalized spacial score (nSPS) is 22.9. The fourth-order valence-corrected chi connectivity index (χ4v) is 7.13. The smallest absolute Gasteiger partial charge is 0.410 e. The first kappa shape index (κ1) is 53.0. The number of aliphatic hydroxyl groups excluding tert-OH is 1. The zero-order valence-electron chi connectivity index (χ0n) is 33.4. The highest BCUT2D eigenvalue weighted by Crippen LogP contribution is 2.24. The summed E-state index contributed by atoms with van der Waals surface area (Å²) in [5.74, 6) is 0.672. The van der Waals surface area contributed by atoms with E-state index >= 15 is 0 Å². The van der Waals surface area contributed by atoms with Gasteiger partial charge in [0, 0.05) is 73.3 Å². The standard InChI is InChI=1S/C15H21NO3.C15H19NO3.C9H20N2OS.CH5P.3CH4/c2*1-12-14(10-17)8-5-9-16(12)15(18)19-11-13-6-3-2-4-7-13;1-8-9(5-4-6-10-8)7-11-13(2,3)12;1-2;;;/h2-4,6-7,12,14,17H,5,8-11H2,1H3;2-4,6-7,10,12,14H,5,8-9,11H2,1H3;8-10H,4-7H2,1-3H3;2H2,1H3;3*1H4/i;;;1D;;;. The highest BCUT2D eigenvalue weighted by atomic mass is 32.2. The Bertz CT molecular complexity index is 1480. The van der Waals surface area contributed by atoms with Gasteiger partial charge in [0.05, 0.1) is 6.54 Å². The largest absolute Gasteiger partial charge is 0.445 e. The molecule has 3 heterocycles. The van der Waals surface area contributed by atoms with Crippen molar-refractivity contribution in [1.29, 1.82) is 0 Å². The average Bonchev–Trinajstić information content (AvgIpc) is 3.17. The maximum Gasteiger partial charge on any atom is 0.410 e. The van der Waals surface area contributed by atoms with Crippen LogP contribution in [0.25, 0.3) is 0 Å². The van der Waals surface area contributed by atoms with Crippen molar-refractivity contribution in [3.63, 3.8) is 0 Å². The third-order valence-electron chi connectivity index (χ3n) is 10.0. The second kappa shape index (κ2) is 30.1. The molecule has 2 N–H and O–H groups in total. The Morgan fingerprint density at radius 3 is 1.77 bits per heavy atom. The van der Waals surface area contributed by atoms with Gasteiger partial charge in [-0.15, -0.1) is 9.24 Å². The summed E-state index contributed by atoms with van der Waals surface area (Å²) in [6.45, 7) is 10.4. The predicted octanol–water partition coefficient (Wildman–Crippen LogP) is 8.54. The quantitative estimate of drug-likeness (QED) is 0.200. The number of benzene rings is 2. The maximum absolute atomic E-state index is 12.1. The van der Waals surface area contributed by atoms with Gasteiger partial charge in [-0.2, -0.15) is 0 Å². The van der Waals surface area contributed by atoms with Crippen molar-refractivity contribution in [3.05, 3.63) is 71.8 Å². The number of ether oxygens (including phenoxy) is 2. The summed E-state index contributed by atoms with van der Waals surface area (Å²) in [6, 6.07) is 19.7. The van der Waals surface area contributed by atoms with Gasteiger partial charge in [0.2, 0.25) is 0 Å². The lowest BCUT2D eigenvalue weighted by Gasteiger charge is -2.37. The van der Waals surface area contributed by atoms with Crippen LogP contribution < -0.4 is 5.32 Å². The number of likely N-dealkylation sites (tertiary alicyclic amines) is 2. The minimum absolute atomic E-state index is 0. The molecule has 0 spiro atoms. The highest BCUT2D eigenvalue weighted by Gasteiger charge is 2.32. The zero-order chi connectivity index (χ0) is 39.9. The van der Waals surface area contributed by atoms with E-state index in [0.29, 0.717) is 38.3 Å². The van der Waals surface area contributed by atoms with E-state index in [1.807, 2.05) is 74.5 Å². The highest BCUT2D eigenvalue weighted by molar-refractivity contribution is 7.92. The van der Waals surface area contributed by atoms with Crippen LogP contribution in [0.15, 0.2) is 65.0 Å². The van der Waals surface area contributed by atoms with E-state index < -0.39 is 9.73 Å². The number of hydrogen-bond donors (Lipinski definition) is 2. The van der Waals surface area contributed by atoms with Gasteiger partial charge in [-0.3, -0.25) is 4.21 Å². The fraction of sp³-hybridized carbons (Fsp3) is 0.651. The van der Waals surface area contributed by atoms with Gasteiger partial charge >= 0.3 is 12.2 Å². The molecule has 11 nitrogen and oxygen atoms in total. The van der Waals surface area contributed by atoms with E-state index in [1.54, 1.807) is 22.3 Å². The molecule has 2 aromatic carbocycles. The van der Waals surface area contributed by atoms with Gasteiger partial charge in [0.25, 0.3) is 0 Å². The van der Waals surface area contributed by atoms with Crippen LogP contribution in [-0.2, 0) is 37.2 Å². The number of nitrogens with zero attached hydrogens (tertiary/aromatic N) is 3. The minimum Gasteiger partial charge on any atom is -0.445 e. The summed E-state index contributed by atoms with van der Waals surface area (Å²) in [5.41, 5.74) is 1.95. The summed E-state index contributed by atoms with van der Waals surface area (Å²) in [7, 11) is 0.346. The Kier molecular flexibility index (Phi) is 28.4. The molecule has 322 valence electrons. The van der Waals surface area contributed by atoms with Crippen LogP contribution >= 0.6 is 9.24 Å². The first-order chi connectivity index (χ1) is 25.8. The average molecular weight is 826 g/mol. The number of piperidine rings is 3. The number of amides is 2. The SMILES string of the molecule is C.C.C.CC1C(C=O)CCCN1C(=O)OCc1ccccc1.CC1C(CO)CCCN1C(=O)OCc1ccccc1.CC1NCCCC1CN=S(C)(C)=O.[2H]CP. The molecule has 0 aromatic heterocycles. The lowest BCUT2D eigenvalue weighted by atomic mass is 9.91. The Hall–Kier alpha value is -3.05. The predicted molar refractivity (Wildman–Crippen MR) is 237 cm³/mol. The molecule has 3 aliphatic rings. The van der Waals surface area contributed by atoms with E-state index in [9.17, 15) is 23.7 Å². The van der Waals surface area contributed by atoms with Crippen LogP contribution in [0.2, 0.25) is 0 Å². The number of rotatable bonds is 8. The third kappa shape index (κ3) is 19.9. The van der Waals surface area contributed by atoms with Crippen LogP contribution in [0.1, 0.15) is 94.1 Å². The summed E-state index contributed by atoms with van der Waals surface area (Å²) in [6.07, 6.45) is 9.78. The molecule has 3 fully saturated rings. The van der Waals surface area contributed by atoms with Gasteiger partial charge in [-0.1, -0.05) is 89.6 Å². The lowest BCUT2D eigenvalue weighted by Crippen LogP contribution is -2.48. The van der Waals surface area contributed by atoms with Gasteiger partial charge in [-0.25, -0.2) is 14.0 Å². The number of carbonyl (C=O) groups is 3. The topological polar surface area (TPSA) is 138 Å². The second-order valence-corrected chi connectivity index (χ2v) is 16.7. The monoisotopic (exact) mass is 826 g/mol. The van der Waals surface area contributed by atoms with Crippen LogP contribution in [0.5, 0.6) is 0 Å². The molecule has 7 unspecified atom stereocenters. The van der Waals surface area contributed by atoms with Gasteiger partial charge < -0.3 is 34.5 Å². The van der Waals surface area contributed by atoms with E-state index in [0.717, 1.165) is 56.2 Å². The number of aldehydes is 1. The Balaban J connectivity index is 0. The molecule has 0 radical (unpaired) electrons. The summed E-state index contributed by atoms with van der Waals surface area (Å²) < 4.78 is 32.4. The number of carbonyl (C=O) groups excluding carboxylic acids is 3. The summed E-state index contributed by atoms with van der Waals surface area (Å²) in [5, 5.41) is 12.7. The van der Waals surface area contributed by atoms with Gasteiger partial charge in [0.15, 0.2) is 0 Å². The van der Waals surface area contributed by atoms with Gasteiger partial charge in [-0.05, 0) is 82.9 Å². The van der Waals surface area contributed by atoms with Crippen LogP contribution in [0, 0.1) is 17.8 Å². The van der Waals surface area contributed by atoms with Gasteiger partial charge in [0.1, 0.15) is 19.5 Å². The van der Waals surface area contributed by atoms with Crippen LogP contribution in [0.4, 0.5) is 9.59 Å². The minimum atomic E-state index is -1.90. The molecule has 7 atom stereocenters. The van der Waals surface area contributed by atoms with Crippen LogP contribution in [-0.4, -0.2) is 108 Å². The first-order valence-corrected chi connectivity index (χ1v) is 21.9. The summed E-state index contributed by atoms with van der Waals surface area (Å²) >= 11 is 0. The van der Waals surface area contributed by atoms with Crippen molar-refractivity contribution in [1.82, 2.24) is 15.1 Å². The maximum atomic E-state index is 12.1. The van der Waals surface area contributed by atoms with Crippen molar-refractivity contribution in [2.75, 3.05) is 51.9 Å². The van der Waals surface area contributed by atoms with E-state index in [4.69, 9.17) is 10.8 Å². The number of nitrogens with one attached hydrogen (secondary N) is 1. The number of hydrogen-bond acceptors (Lipinski definition) is 9. The molecule has 0 aliphatic carbocycles. The van der Waals surface area contributed by atoms with Crippen molar-refractivity contribution >= 4 is 37.4 Å². The molecule has 2 amide bonds. The molecule has 3 aliphatic heterocycles. The third-order valence-corrected chi connectivity index (χ3v) is 10.8. The molecule has 2 aromatic rings. The van der Waals surface area contributed by atoms with Crippen molar-refractivity contribution in [2.45, 2.75) is 113 Å². The molecule has 56 heavy (non-hydrogen) atoms. The van der Waals surface area contributed by atoms with E-state index in [2.05, 4.69) is 25.8 Å². The first-order valence-electron chi connectivity index (χ1n) is 19.4. The molecule has 0 saturated carbocycles. The molecular weight excluding hydrogens is 748 g/mol. The molecular formula is C43H77N4O7PS. The van der Waals surface area contributed by atoms with Crippen LogP contribution in [0.3, 0.4) is 0 Å². The zero-order valence-corrected chi connectivity index (χ0v) is 34.4. The molecule has 13 heteroatoms. The van der Waals surface area contributed by atoms with Crippen molar-refractivity contribution in [2.24, 2.45) is 22.1 Å². The molecule has 0 bridgehead atoms. The van der Waals surface area contributed by atoms with Crippen molar-refractivity contribution < 1.29 is 34.5 Å². The van der Waals surface area contributed by atoms with E-state index in [1.165, 1.54) is 12.8 Å². The number of aliphatic hydroxyl groups is 1. The van der Waals surface area contributed by atoms with Crippen molar-refractivity contribution in [3.8, 4) is 0 Å². The second-order valence-electron chi connectivity index (χ2n) is 14.1. The molecule has 3 saturated heterocycles. The Morgan fingerprint density at radius 1 is 0.857 bits per heavy atom. The Morgan fingerprint density at radius 2 is 1.32 bits per heavy atom. The van der Waals surface area contributed by atoms with E-state index in [-0.39, 0.29) is 71.6 Å². The summed E-state index contributed by atoms with van der Waals surface area (Å²) in [4.78, 5) is 38.4. The Labute approximate surface area is 344 Å². The lowest BCUT2D eigenvalue weighted by molar-refractivity contribution is -0.113. The fourth-order valence-electron chi connectivity index (χ4n) is 6.58. The molecule has 5 rings (SSSR count).